The number of hydrogen-bond donors (Lipinski definition) is 2. The summed E-state index contributed by atoms with van der Waals surface area (Å²) in [5.41, 5.74) is 6.96. The molecule has 0 saturated carbocycles. The lowest BCUT2D eigenvalue weighted by Gasteiger charge is -2.17. The number of carbonyl (C=O) groups is 1. The number of ether oxygens (including phenoxy) is 1. The van der Waals surface area contributed by atoms with Gasteiger partial charge in [0.25, 0.3) is 0 Å². The molecule has 0 bridgehead atoms. The second-order valence-electron chi connectivity index (χ2n) is 2.58. The van der Waals surface area contributed by atoms with Crippen molar-refractivity contribution < 1.29 is 9.53 Å². The molecule has 1 aliphatic heterocycles. The third-order valence-electron chi connectivity index (χ3n) is 1.65. The van der Waals surface area contributed by atoms with E-state index in [9.17, 15) is 4.79 Å². The molecule has 1 aromatic carbocycles. The molecule has 1 aromatic rings. The summed E-state index contributed by atoms with van der Waals surface area (Å²) in [6.07, 6.45) is 0. The van der Waals surface area contributed by atoms with E-state index in [1.165, 1.54) is 0 Å². The molecule has 0 aromatic heterocycles. The van der Waals surface area contributed by atoms with Gasteiger partial charge >= 0.3 is 5.97 Å². The molecule has 12 heavy (non-hydrogen) atoms. The van der Waals surface area contributed by atoms with Gasteiger partial charge in [0.2, 0.25) is 0 Å². The predicted molar refractivity (Wildman–Crippen MR) is 45.0 cm³/mol. The van der Waals surface area contributed by atoms with Gasteiger partial charge in [0.15, 0.2) is 5.75 Å². The number of nitrogens with two attached hydrogens (primary N) is 1. The van der Waals surface area contributed by atoms with Gasteiger partial charge in [-0.3, -0.25) is 0 Å². The molecule has 3 N–H and O–H groups in total. The highest BCUT2D eigenvalue weighted by atomic mass is 16.5. The SMILES string of the molecule is Nc1ccc2c(c1)NCC(=O)O2. The molecule has 0 fully saturated rings. The van der Waals surface area contributed by atoms with Gasteiger partial charge in [0.05, 0.1) is 5.69 Å². The number of hydrogen-bond acceptors (Lipinski definition) is 4. The van der Waals surface area contributed by atoms with Gasteiger partial charge in [-0.1, -0.05) is 0 Å². The molecule has 4 heteroatoms. The first-order chi connectivity index (χ1) is 5.75. The third kappa shape index (κ3) is 1.07. The first-order valence-electron chi connectivity index (χ1n) is 3.60. The van der Waals surface area contributed by atoms with Crippen LogP contribution in [0.4, 0.5) is 11.4 Å². The molecule has 0 spiro atoms. The van der Waals surface area contributed by atoms with Crippen molar-refractivity contribution in [2.45, 2.75) is 0 Å². The van der Waals surface area contributed by atoms with Crippen LogP contribution in [0.15, 0.2) is 18.2 Å². The number of rotatable bonds is 0. The number of anilines is 2. The summed E-state index contributed by atoms with van der Waals surface area (Å²) in [6, 6.07) is 5.11. The van der Waals surface area contributed by atoms with Crippen molar-refractivity contribution in [1.29, 1.82) is 0 Å². The summed E-state index contributed by atoms with van der Waals surface area (Å²) < 4.78 is 4.93. The number of esters is 1. The molecular formula is C8H8N2O2. The third-order valence-corrected chi connectivity index (χ3v) is 1.65. The molecule has 2 rings (SSSR count). The highest BCUT2D eigenvalue weighted by Gasteiger charge is 2.15. The zero-order valence-corrected chi connectivity index (χ0v) is 6.33. The van der Waals surface area contributed by atoms with E-state index in [0.29, 0.717) is 11.4 Å². The van der Waals surface area contributed by atoms with Crippen molar-refractivity contribution in [2.75, 3.05) is 17.6 Å². The van der Waals surface area contributed by atoms with Crippen LogP contribution in [0.3, 0.4) is 0 Å². The van der Waals surface area contributed by atoms with E-state index in [0.717, 1.165) is 5.69 Å². The van der Waals surface area contributed by atoms with Crippen LogP contribution in [0.25, 0.3) is 0 Å². The normalized spacial score (nSPS) is 14.5. The lowest BCUT2D eigenvalue weighted by Crippen LogP contribution is -2.24. The fraction of sp³-hybridized carbons (Fsp3) is 0.125. The Morgan fingerprint density at radius 2 is 2.33 bits per heavy atom. The molecule has 1 heterocycles. The maximum absolute atomic E-state index is 10.8. The lowest BCUT2D eigenvalue weighted by atomic mass is 10.2. The van der Waals surface area contributed by atoms with Crippen LogP contribution in [-0.2, 0) is 4.79 Å². The zero-order valence-electron chi connectivity index (χ0n) is 6.33. The van der Waals surface area contributed by atoms with Gasteiger partial charge in [-0.05, 0) is 18.2 Å². The summed E-state index contributed by atoms with van der Waals surface area (Å²) in [5.74, 6) is 0.271. The van der Waals surface area contributed by atoms with Crippen molar-refractivity contribution in [3.05, 3.63) is 18.2 Å². The summed E-state index contributed by atoms with van der Waals surface area (Å²) in [6.45, 7) is 0.205. The smallest absolute Gasteiger partial charge is 0.330 e. The van der Waals surface area contributed by atoms with E-state index in [1.807, 2.05) is 0 Å². The number of nitrogen functional groups attached to an aromatic ring is 1. The minimum atomic E-state index is -0.271. The Morgan fingerprint density at radius 1 is 1.50 bits per heavy atom. The molecule has 0 radical (unpaired) electrons. The van der Waals surface area contributed by atoms with Crippen LogP contribution in [-0.4, -0.2) is 12.5 Å². The first kappa shape index (κ1) is 6.97. The Kier molecular flexibility index (Phi) is 1.40. The summed E-state index contributed by atoms with van der Waals surface area (Å²) in [5, 5.41) is 2.90. The van der Waals surface area contributed by atoms with Crippen molar-refractivity contribution in [1.82, 2.24) is 0 Å². The van der Waals surface area contributed by atoms with Crippen molar-refractivity contribution in [2.24, 2.45) is 0 Å². The van der Waals surface area contributed by atoms with Crippen LogP contribution in [0.5, 0.6) is 5.75 Å². The van der Waals surface area contributed by atoms with Crippen LogP contribution >= 0.6 is 0 Å². The van der Waals surface area contributed by atoms with Gasteiger partial charge in [0, 0.05) is 5.69 Å². The maximum Gasteiger partial charge on any atom is 0.330 e. The predicted octanol–water partition coefficient (Wildman–Crippen LogP) is 0.600. The fourth-order valence-electron chi connectivity index (χ4n) is 1.10. The molecule has 0 amide bonds. The Bertz CT molecular complexity index is 336. The maximum atomic E-state index is 10.8. The quantitative estimate of drug-likeness (QED) is 0.335. The molecule has 0 atom stereocenters. The van der Waals surface area contributed by atoms with Crippen molar-refractivity contribution >= 4 is 17.3 Å². The minimum absolute atomic E-state index is 0.205. The van der Waals surface area contributed by atoms with Gasteiger partial charge in [-0.2, -0.15) is 0 Å². The summed E-state index contributed by atoms with van der Waals surface area (Å²) >= 11 is 0. The van der Waals surface area contributed by atoms with Gasteiger partial charge in [-0.25, -0.2) is 4.79 Å². The van der Waals surface area contributed by atoms with Crippen LogP contribution in [0.2, 0.25) is 0 Å². The molecule has 0 aliphatic carbocycles. The molecule has 0 unspecified atom stereocenters. The molecule has 4 nitrogen and oxygen atoms in total. The lowest BCUT2D eigenvalue weighted by molar-refractivity contribution is -0.132. The van der Waals surface area contributed by atoms with E-state index in [-0.39, 0.29) is 12.5 Å². The summed E-state index contributed by atoms with van der Waals surface area (Å²) in [7, 11) is 0. The molecule has 0 saturated heterocycles. The second kappa shape index (κ2) is 2.41. The number of nitrogens with one attached hydrogen (secondary N) is 1. The fourth-order valence-corrected chi connectivity index (χ4v) is 1.10. The Labute approximate surface area is 69.3 Å². The monoisotopic (exact) mass is 164 g/mol. The highest BCUT2D eigenvalue weighted by Crippen LogP contribution is 2.28. The largest absolute Gasteiger partial charge is 0.423 e. The standard InChI is InChI=1S/C8H8N2O2/c9-5-1-2-7-6(3-5)10-4-8(11)12-7/h1-3,10H,4,9H2. The van der Waals surface area contributed by atoms with Gasteiger partial charge in [-0.15, -0.1) is 0 Å². The molecule has 62 valence electrons. The van der Waals surface area contributed by atoms with Crippen molar-refractivity contribution in [3.8, 4) is 5.75 Å². The van der Waals surface area contributed by atoms with E-state index in [4.69, 9.17) is 10.5 Å². The van der Waals surface area contributed by atoms with Gasteiger partial charge in [0.1, 0.15) is 6.54 Å². The van der Waals surface area contributed by atoms with Crippen LogP contribution in [0, 0.1) is 0 Å². The average molecular weight is 164 g/mol. The number of benzene rings is 1. The van der Waals surface area contributed by atoms with E-state index < -0.39 is 0 Å². The molecule has 1 aliphatic rings. The van der Waals surface area contributed by atoms with E-state index >= 15 is 0 Å². The molecular weight excluding hydrogens is 156 g/mol. The number of fused-ring (bicyclic) bond motifs is 1. The topological polar surface area (TPSA) is 64.3 Å². The van der Waals surface area contributed by atoms with Gasteiger partial charge < -0.3 is 15.8 Å². The van der Waals surface area contributed by atoms with E-state index in [1.54, 1.807) is 18.2 Å². The first-order valence-corrected chi connectivity index (χ1v) is 3.60. The average Bonchev–Trinajstić information content (AvgIpc) is 2.05. The van der Waals surface area contributed by atoms with Crippen molar-refractivity contribution in [3.63, 3.8) is 0 Å². The minimum Gasteiger partial charge on any atom is -0.423 e. The van der Waals surface area contributed by atoms with Crippen LogP contribution in [0.1, 0.15) is 0 Å². The summed E-state index contributed by atoms with van der Waals surface area (Å²) in [4.78, 5) is 10.8. The Morgan fingerprint density at radius 3 is 3.17 bits per heavy atom. The number of carbonyl (C=O) groups excluding carboxylic acids is 1. The Hall–Kier alpha value is -1.71. The Balaban J connectivity index is 2.43. The second-order valence-corrected chi connectivity index (χ2v) is 2.58. The zero-order chi connectivity index (χ0) is 8.55. The van der Waals surface area contributed by atoms with E-state index in [2.05, 4.69) is 5.32 Å². The van der Waals surface area contributed by atoms with Crippen LogP contribution < -0.4 is 15.8 Å². The highest BCUT2D eigenvalue weighted by molar-refractivity contribution is 5.84.